The van der Waals surface area contributed by atoms with E-state index in [2.05, 4.69) is 15.9 Å². The molecule has 0 N–H and O–H groups in total. The third-order valence-electron chi connectivity index (χ3n) is 3.27. The number of unbranched alkanes of at least 4 members (excludes halogenated alkanes) is 6. The second kappa shape index (κ2) is 9.13. The SMILES string of the molecule is Cn1ccn(CCCCCCCCCBr)c(=O)c1=O. The van der Waals surface area contributed by atoms with Crippen molar-refractivity contribution in [2.24, 2.45) is 7.05 Å². The molecule has 0 aliphatic carbocycles. The van der Waals surface area contributed by atoms with Gasteiger partial charge in [0.2, 0.25) is 0 Å². The Hall–Kier alpha value is -0.840. The minimum atomic E-state index is -0.447. The summed E-state index contributed by atoms with van der Waals surface area (Å²) in [5.74, 6) is 0. The Morgan fingerprint density at radius 3 is 2.11 bits per heavy atom. The normalized spacial score (nSPS) is 10.8. The summed E-state index contributed by atoms with van der Waals surface area (Å²) in [5.41, 5.74) is -0.861. The summed E-state index contributed by atoms with van der Waals surface area (Å²) in [6, 6.07) is 0. The lowest BCUT2D eigenvalue weighted by Gasteiger charge is -2.06. The number of hydrogen-bond donors (Lipinski definition) is 0. The maximum absolute atomic E-state index is 11.7. The second-order valence-electron chi connectivity index (χ2n) is 4.88. The van der Waals surface area contributed by atoms with Crippen LogP contribution in [0.2, 0.25) is 0 Å². The molecule has 1 rings (SSSR count). The Bertz CT molecular complexity index is 479. The molecule has 108 valence electrons. The van der Waals surface area contributed by atoms with Crippen molar-refractivity contribution in [2.75, 3.05) is 5.33 Å². The Labute approximate surface area is 122 Å². The molecule has 0 saturated carbocycles. The highest BCUT2D eigenvalue weighted by molar-refractivity contribution is 9.09. The van der Waals surface area contributed by atoms with E-state index in [1.807, 2.05) is 0 Å². The van der Waals surface area contributed by atoms with Gasteiger partial charge in [-0.1, -0.05) is 48.0 Å². The van der Waals surface area contributed by atoms with Crippen LogP contribution in [-0.2, 0) is 13.6 Å². The quantitative estimate of drug-likeness (QED) is 0.397. The fraction of sp³-hybridized carbons (Fsp3) is 0.714. The van der Waals surface area contributed by atoms with Crippen LogP contribution in [0.4, 0.5) is 0 Å². The highest BCUT2D eigenvalue weighted by atomic mass is 79.9. The van der Waals surface area contributed by atoms with Crippen LogP contribution >= 0.6 is 15.9 Å². The minimum absolute atomic E-state index is 0.415. The first-order valence-electron chi connectivity index (χ1n) is 6.99. The monoisotopic (exact) mass is 330 g/mol. The van der Waals surface area contributed by atoms with Gasteiger partial charge in [0, 0.05) is 31.3 Å². The fourth-order valence-electron chi connectivity index (χ4n) is 2.03. The second-order valence-corrected chi connectivity index (χ2v) is 5.67. The third kappa shape index (κ3) is 5.76. The molecule has 0 unspecified atom stereocenters. The van der Waals surface area contributed by atoms with Crippen molar-refractivity contribution in [3.05, 3.63) is 33.1 Å². The van der Waals surface area contributed by atoms with Crippen LogP contribution in [0.15, 0.2) is 22.0 Å². The van der Waals surface area contributed by atoms with Gasteiger partial charge in [-0.25, -0.2) is 0 Å². The highest BCUT2D eigenvalue weighted by Gasteiger charge is 2.01. The van der Waals surface area contributed by atoms with E-state index in [1.54, 1.807) is 19.4 Å². The summed E-state index contributed by atoms with van der Waals surface area (Å²) in [5, 5.41) is 1.10. The van der Waals surface area contributed by atoms with Gasteiger partial charge in [-0.2, -0.15) is 0 Å². The summed E-state index contributed by atoms with van der Waals surface area (Å²) >= 11 is 3.43. The Morgan fingerprint density at radius 1 is 0.895 bits per heavy atom. The lowest BCUT2D eigenvalue weighted by Crippen LogP contribution is -2.39. The molecule has 5 heteroatoms. The molecule has 0 amide bonds. The summed E-state index contributed by atoms with van der Waals surface area (Å²) in [6.45, 7) is 0.649. The molecule has 1 heterocycles. The Balaban J connectivity index is 2.22. The maximum atomic E-state index is 11.7. The topological polar surface area (TPSA) is 44.0 Å². The van der Waals surface area contributed by atoms with Crippen LogP contribution in [0.3, 0.4) is 0 Å². The van der Waals surface area contributed by atoms with Crippen LogP contribution < -0.4 is 11.1 Å². The maximum Gasteiger partial charge on any atom is 0.316 e. The molecule has 1 aromatic rings. The van der Waals surface area contributed by atoms with Crippen molar-refractivity contribution < 1.29 is 0 Å². The van der Waals surface area contributed by atoms with Crippen molar-refractivity contribution in [1.29, 1.82) is 0 Å². The average molecular weight is 331 g/mol. The molecule has 4 nitrogen and oxygen atoms in total. The first-order chi connectivity index (χ1) is 9.16. The van der Waals surface area contributed by atoms with E-state index < -0.39 is 11.1 Å². The van der Waals surface area contributed by atoms with E-state index in [0.29, 0.717) is 6.54 Å². The number of aromatic nitrogens is 2. The van der Waals surface area contributed by atoms with Gasteiger partial charge in [-0.15, -0.1) is 0 Å². The zero-order chi connectivity index (χ0) is 14.1. The van der Waals surface area contributed by atoms with E-state index in [0.717, 1.165) is 18.2 Å². The molecule has 0 aliphatic rings. The number of aryl methyl sites for hydroxylation is 2. The predicted octanol–water partition coefficient (Wildman–Crippen LogP) is 2.67. The molecule has 0 saturated heterocycles. The van der Waals surface area contributed by atoms with E-state index in [9.17, 15) is 9.59 Å². The van der Waals surface area contributed by atoms with Crippen LogP contribution in [0, 0.1) is 0 Å². The lowest BCUT2D eigenvalue weighted by atomic mass is 10.1. The van der Waals surface area contributed by atoms with E-state index >= 15 is 0 Å². The van der Waals surface area contributed by atoms with Crippen molar-refractivity contribution in [3.63, 3.8) is 0 Å². The van der Waals surface area contributed by atoms with Gasteiger partial charge in [0.15, 0.2) is 0 Å². The van der Waals surface area contributed by atoms with E-state index in [1.165, 1.54) is 41.2 Å². The molecule has 0 aromatic carbocycles. The molecule has 0 bridgehead atoms. The summed E-state index contributed by atoms with van der Waals surface area (Å²) in [7, 11) is 1.60. The highest BCUT2D eigenvalue weighted by Crippen LogP contribution is 2.08. The van der Waals surface area contributed by atoms with Crippen LogP contribution in [-0.4, -0.2) is 14.5 Å². The van der Waals surface area contributed by atoms with Gasteiger partial charge >= 0.3 is 11.1 Å². The minimum Gasteiger partial charge on any atom is -0.312 e. The number of halogens is 1. The van der Waals surface area contributed by atoms with Gasteiger partial charge in [-0.3, -0.25) is 9.59 Å². The molecular weight excluding hydrogens is 308 g/mol. The number of rotatable bonds is 9. The average Bonchev–Trinajstić information content (AvgIpc) is 2.41. The lowest BCUT2D eigenvalue weighted by molar-refractivity contribution is 0.536. The number of alkyl halides is 1. The van der Waals surface area contributed by atoms with Gasteiger partial charge in [0.05, 0.1) is 0 Å². The molecule has 19 heavy (non-hydrogen) atoms. The molecule has 0 spiro atoms. The third-order valence-corrected chi connectivity index (χ3v) is 3.83. The van der Waals surface area contributed by atoms with E-state index in [4.69, 9.17) is 0 Å². The van der Waals surface area contributed by atoms with Crippen molar-refractivity contribution in [1.82, 2.24) is 9.13 Å². The Kier molecular flexibility index (Phi) is 7.79. The van der Waals surface area contributed by atoms with Gasteiger partial charge in [0.1, 0.15) is 0 Å². The van der Waals surface area contributed by atoms with Crippen molar-refractivity contribution >= 4 is 15.9 Å². The first-order valence-corrected chi connectivity index (χ1v) is 8.11. The molecule has 0 aliphatic heterocycles. The van der Waals surface area contributed by atoms with Gasteiger partial charge < -0.3 is 9.13 Å². The number of hydrogen-bond acceptors (Lipinski definition) is 2. The summed E-state index contributed by atoms with van der Waals surface area (Å²) in [4.78, 5) is 23.1. The standard InChI is InChI=1S/C14H23BrN2O2/c1-16-11-12-17(14(19)13(16)18)10-8-6-4-2-3-5-7-9-15/h11-12H,2-10H2,1H3. The summed E-state index contributed by atoms with van der Waals surface area (Å²) < 4.78 is 2.84. The molecule has 0 radical (unpaired) electrons. The van der Waals surface area contributed by atoms with Crippen LogP contribution in [0.1, 0.15) is 44.9 Å². The summed E-state index contributed by atoms with van der Waals surface area (Å²) in [6.07, 6.45) is 11.7. The van der Waals surface area contributed by atoms with Gasteiger partial charge in [0.25, 0.3) is 0 Å². The molecule has 0 atom stereocenters. The van der Waals surface area contributed by atoms with Crippen molar-refractivity contribution in [2.45, 2.75) is 51.5 Å². The predicted molar refractivity (Wildman–Crippen MR) is 82.1 cm³/mol. The fourth-order valence-corrected chi connectivity index (χ4v) is 2.42. The first kappa shape index (κ1) is 16.2. The van der Waals surface area contributed by atoms with E-state index in [-0.39, 0.29) is 0 Å². The number of nitrogens with zero attached hydrogens (tertiary/aromatic N) is 2. The van der Waals surface area contributed by atoms with Crippen molar-refractivity contribution in [3.8, 4) is 0 Å². The molecule has 1 aromatic heterocycles. The van der Waals surface area contributed by atoms with Gasteiger partial charge in [-0.05, 0) is 12.8 Å². The largest absolute Gasteiger partial charge is 0.316 e. The smallest absolute Gasteiger partial charge is 0.312 e. The molecular formula is C14H23BrN2O2. The zero-order valence-electron chi connectivity index (χ0n) is 11.6. The molecule has 0 fully saturated rings. The Morgan fingerprint density at radius 2 is 1.47 bits per heavy atom. The zero-order valence-corrected chi connectivity index (χ0v) is 13.2. The van der Waals surface area contributed by atoms with Crippen LogP contribution in [0.5, 0.6) is 0 Å². The van der Waals surface area contributed by atoms with Crippen LogP contribution in [0.25, 0.3) is 0 Å².